The molecule has 0 amide bonds. The van der Waals surface area contributed by atoms with Gasteiger partial charge in [0.2, 0.25) is 10.0 Å². The average Bonchev–Trinajstić information content (AvgIpc) is 3.23. The van der Waals surface area contributed by atoms with Gasteiger partial charge in [-0.3, -0.25) is 9.71 Å². The molecule has 0 bridgehead atoms. The highest BCUT2D eigenvalue weighted by atomic mass is 32.2. The Bertz CT molecular complexity index is 1320. The van der Waals surface area contributed by atoms with Gasteiger partial charge >= 0.3 is 0 Å². The summed E-state index contributed by atoms with van der Waals surface area (Å²) in [6, 6.07) is 23.3. The molecule has 0 unspecified atom stereocenters. The molecule has 160 valence electrons. The summed E-state index contributed by atoms with van der Waals surface area (Å²) < 4.78 is 50.3. The summed E-state index contributed by atoms with van der Waals surface area (Å²) in [6.07, 6.45) is 5.10. The summed E-state index contributed by atoms with van der Waals surface area (Å²) in [6.45, 7) is 0. The molecule has 4 aromatic rings. The van der Waals surface area contributed by atoms with Gasteiger partial charge in [-0.05, 0) is 48.5 Å². The monoisotopic (exact) mass is 456 g/mol. The number of rotatable bonds is 5. The Hall–Kier alpha value is -3.47. The number of anilines is 1. The van der Waals surface area contributed by atoms with Crippen molar-refractivity contribution < 1.29 is 16.8 Å². The normalized spacial score (nSPS) is 11.3. The van der Waals surface area contributed by atoms with Crippen LogP contribution in [-0.4, -0.2) is 26.4 Å². The molecule has 0 radical (unpaired) electrons. The molecule has 2 aromatic heterocycles. The molecule has 2 aromatic carbocycles. The zero-order valence-corrected chi connectivity index (χ0v) is 17.9. The number of sulfonamides is 2. The summed E-state index contributed by atoms with van der Waals surface area (Å²) in [5.41, 5.74) is 0.834. The number of benzene rings is 2. The van der Waals surface area contributed by atoms with Gasteiger partial charge in [-0.2, -0.15) is 0 Å². The van der Waals surface area contributed by atoms with Crippen LogP contribution in [0.25, 0.3) is 5.69 Å². The minimum absolute atomic E-state index is 0.148. The first-order chi connectivity index (χ1) is 14.8. The van der Waals surface area contributed by atoms with E-state index in [4.69, 9.17) is 5.14 Å². The van der Waals surface area contributed by atoms with Crippen LogP contribution in [0.4, 0.5) is 5.82 Å². The van der Waals surface area contributed by atoms with Crippen LogP contribution in [0.5, 0.6) is 0 Å². The van der Waals surface area contributed by atoms with Crippen LogP contribution in [0.2, 0.25) is 0 Å². The van der Waals surface area contributed by atoms with E-state index in [1.165, 1.54) is 12.1 Å². The molecule has 0 aliphatic rings. The van der Waals surface area contributed by atoms with E-state index >= 15 is 0 Å². The molecular formula is C21H20N4O4S2. The number of nitrogens with one attached hydrogen (secondary N) is 1. The molecule has 2 heterocycles. The van der Waals surface area contributed by atoms with Gasteiger partial charge in [0.15, 0.2) is 0 Å². The Labute approximate surface area is 181 Å². The third-order valence-electron chi connectivity index (χ3n) is 4.05. The topological polar surface area (TPSA) is 124 Å². The van der Waals surface area contributed by atoms with E-state index in [1.807, 2.05) is 0 Å². The van der Waals surface area contributed by atoms with Crippen molar-refractivity contribution >= 4 is 25.9 Å². The zero-order valence-electron chi connectivity index (χ0n) is 16.2. The number of hydrogen-bond acceptors (Lipinski definition) is 5. The first-order valence-corrected chi connectivity index (χ1v) is 12.0. The van der Waals surface area contributed by atoms with Crippen LogP contribution >= 0.6 is 0 Å². The molecule has 0 aliphatic heterocycles. The standard InChI is InChI=1S/C15H13N3O2S.C6H7NO2S/c19-21(20,14-5-2-1-3-6-14)17-15-7-4-12-18(15)13-8-10-16-11-9-13;7-10(8,9)6-4-2-1-3-5-6/h1-12,17H;1-5H,(H2,7,8,9). The molecule has 0 fully saturated rings. The smallest absolute Gasteiger partial charge is 0.263 e. The molecule has 4 rings (SSSR count). The molecule has 0 aliphatic carbocycles. The second-order valence-corrected chi connectivity index (χ2v) is 9.49. The van der Waals surface area contributed by atoms with Crippen LogP contribution in [-0.2, 0) is 20.0 Å². The lowest BCUT2D eigenvalue weighted by Gasteiger charge is -2.11. The predicted octanol–water partition coefficient (Wildman–Crippen LogP) is 3.01. The Kier molecular flexibility index (Phi) is 6.85. The minimum Gasteiger partial charge on any atom is -0.303 e. The number of nitrogens with two attached hydrogens (primary N) is 1. The van der Waals surface area contributed by atoms with Gasteiger partial charge in [0.25, 0.3) is 10.0 Å². The van der Waals surface area contributed by atoms with E-state index in [2.05, 4.69) is 9.71 Å². The third-order valence-corrected chi connectivity index (χ3v) is 6.35. The molecule has 0 saturated carbocycles. The number of primary sulfonamides is 1. The van der Waals surface area contributed by atoms with Gasteiger partial charge in [0.1, 0.15) is 5.82 Å². The van der Waals surface area contributed by atoms with E-state index in [9.17, 15) is 16.8 Å². The second-order valence-electron chi connectivity index (χ2n) is 6.25. The van der Waals surface area contributed by atoms with Crippen molar-refractivity contribution in [3.05, 3.63) is 104 Å². The molecule has 10 heteroatoms. The largest absolute Gasteiger partial charge is 0.303 e. The number of pyridine rings is 1. The van der Waals surface area contributed by atoms with Crippen molar-refractivity contribution in [3.63, 3.8) is 0 Å². The lowest BCUT2D eigenvalue weighted by atomic mass is 10.4. The Morgan fingerprint density at radius 1 is 0.710 bits per heavy atom. The van der Waals surface area contributed by atoms with Crippen molar-refractivity contribution in [3.8, 4) is 5.69 Å². The minimum atomic E-state index is -3.60. The van der Waals surface area contributed by atoms with Crippen LogP contribution in [0.3, 0.4) is 0 Å². The zero-order chi connectivity index (χ0) is 22.3. The number of nitrogens with zero attached hydrogens (tertiary/aromatic N) is 2. The first kappa shape index (κ1) is 22.2. The SMILES string of the molecule is NS(=O)(=O)c1ccccc1.O=S(=O)(Nc1cccn1-c1ccncc1)c1ccccc1. The van der Waals surface area contributed by atoms with E-state index in [0.717, 1.165) is 5.69 Å². The van der Waals surface area contributed by atoms with Crippen molar-refractivity contribution in [2.45, 2.75) is 9.79 Å². The Morgan fingerprint density at radius 2 is 1.26 bits per heavy atom. The van der Waals surface area contributed by atoms with Gasteiger partial charge in [-0.15, -0.1) is 0 Å². The quantitative estimate of drug-likeness (QED) is 0.478. The van der Waals surface area contributed by atoms with Crippen LogP contribution in [0, 0.1) is 0 Å². The van der Waals surface area contributed by atoms with Crippen molar-refractivity contribution in [2.24, 2.45) is 5.14 Å². The van der Waals surface area contributed by atoms with Gasteiger partial charge in [0.05, 0.1) is 9.79 Å². The van der Waals surface area contributed by atoms with Gasteiger partial charge in [-0.1, -0.05) is 36.4 Å². The lowest BCUT2D eigenvalue weighted by Crippen LogP contribution is -2.15. The molecule has 31 heavy (non-hydrogen) atoms. The van der Waals surface area contributed by atoms with Crippen molar-refractivity contribution in [1.82, 2.24) is 9.55 Å². The van der Waals surface area contributed by atoms with Crippen LogP contribution < -0.4 is 9.86 Å². The first-order valence-electron chi connectivity index (χ1n) is 9.01. The van der Waals surface area contributed by atoms with Crippen LogP contribution in [0.1, 0.15) is 0 Å². The molecule has 0 saturated heterocycles. The van der Waals surface area contributed by atoms with E-state index in [1.54, 1.807) is 96.0 Å². The molecule has 0 spiro atoms. The second kappa shape index (κ2) is 9.56. The fourth-order valence-corrected chi connectivity index (χ4v) is 4.21. The third kappa shape index (κ3) is 6.01. The maximum atomic E-state index is 12.3. The highest BCUT2D eigenvalue weighted by molar-refractivity contribution is 7.92. The van der Waals surface area contributed by atoms with E-state index in [-0.39, 0.29) is 9.79 Å². The molecule has 3 N–H and O–H groups in total. The summed E-state index contributed by atoms with van der Waals surface area (Å²) in [5, 5.41) is 4.83. The summed E-state index contributed by atoms with van der Waals surface area (Å²) in [7, 11) is -7.10. The molecule has 8 nitrogen and oxygen atoms in total. The Morgan fingerprint density at radius 3 is 1.77 bits per heavy atom. The maximum absolute atomic E-state index is 12.3. The van der Waals surface area contributed by atoms with Crippen molar-refractivity contribution in [1.29, 1.82) is 0 Å². The summed E-state index contributed by atoms with van der Waals surface area (Å²) >= 11 is 0. The molecule has 0 atom stereocenters. The fourth-order valence-electron chi connectivity index (χ4n) is 2.60. The van der Waals surface area contributed by atoms with Crippen LogP contribution in [0.15, 0.2) is 113 Å². The van der Waals surface area contributed by atoms with Crippen molar-refractivity contribution in [2.75, 3.05) is 4.72 Å². The summed E-state index contributed by atoms with van der Waals surface area (Å²) in [4.78, 5) is 4.33. The fraction of sp³-hybridized carbons (Fsp3) is 0. The number of aromatic nitrogens is 2. The van der Waals surface area contributed by atoms with Gasteiger partial charge in [0, 0.05) is 24.3 Å². The van der Waals surface area contributed by atoms with Gasteiger partial charge in [-0.25, -0.2) is 22.0 Å². The Balaban J connectivity index is 0.000000229. The highest BCUT2D eigenvalue weighted by Gasteiger charge is 2.15. The van der Waals surface area contributed by atoms with Gasteiger partial charge < -0.3 is 4.57 Å². The maximum Gasteiger partial charge on any atom is 0.263 e. The van der Waals surface area contributed by atoms with E-state index in [0.29, 0.717) is 5.82 Å². The lowest BCUT2D eigenvalue weighted by molar-refractivity contribution is 0.597. The molecular weight excluding hydrogens is 436 g/mol. The van der Waals surface area contributed by atoms with E-state index < -0.39 is 20.0 Å². The predicted molar refractivity (Wildman–Crippen MR) is 119 cm³/mol. The average molecular weight is 457 g/mol. The number of hydrogen-bond donors (Lipinski definition) is 2. The highest BCUT2D eigenvalue weighted by Crippen LogP contribution is 2.20. The summed E-state index contributed by atoms with van der Waals surface area (Å²) in [5.74, 6) is 0.477.